The SMILES string of the molecule is Cc1c(C#N)c(NCCOC(C)(C)C(=O)CCCCCO)nc(NCCOC(C)(C)C(=O)CCCCCO)c1N=Nc1ccc(S(=O)(=O)CCN(C)CCOC(=O)CCCCCO)cc1. The van der Waals surface area contributed by atoms with Gasteiger partial charge in [0.2, 0.25) is 0 Å². The second-order valence-corrected chi connectivity index (χ2v) is 18.9. The molecule has 2 aromatic rings. The Balaban J connectivity index is 2.21. The summed E-state index contributed by atoms with van der Waals surface area (Å²) >= 11 is 0. The molecule has 0 amide bonds. The summed E-state index contributed by atoms with van der Waals surface area (Å²) in [7, 11) is -1.92. The number of ketones is 2. The van der Waals surface area contributed by atoms with Crippen LogP contribution in [0.25, 0.3) is 0 Å². The summed E-state index contributed by atoms with van der Waals surface area (Å²) in [5, 5.41) is 52.4. The lowest BCUT2D eigenvalue weighted by atomic mass is 9.98. The Labute approximate surface area is 385 Å². The molecule has 1 aromatic carbocycles. The van der Waals surface area contributed by atoms with Crippen molar-refractivity contribution in [3.8, 4) is 6.07 Å². The summed E-state index contributed by atoms with van der Waals surface area (Å²) in [6, 6.07) is 8.13. The molecule has 5 N–H and O–H groups in total. The first-order chi connectivity index (χ1) is 30.9. The first-order valence-electron chi connectivity index (χ1n) is 22.6. The van der Waals surface area contributed by atoms with E-state index in [0.29, 0.717) is 69.2 Å². The van der Waals surface area contributed by atoms with E-state index < -0.39 is 21.0 Å². The van der Waals surface area contributed by atoms with Crippen molar-refractivity contribution >= 4 is 50.4 Å². The van der Waals surface area contributed by atoms with E-state index in [2.05, 4.69) is 26.9 Å². The fraction of sp³-hybridized carbons (Fsp3) is 0.674. The number of hydrogen-bond donors (Lipinski definition) is 5. The van der Waals surface area contributed by atoms with Gasteiger partial charge in [-0.25, -0.2) is 13.4 Å². The first-order valence-corrected chi connectivity index (χ1v) is 24.3. The number of ether oxygens (including phenoxy) is 3. The summed E-state index contributed by atoms with van der Waals surface area (Å²) in [4.78, 5) is 44.1. The number of carbonyl (C=O) groups is 3. The standard InChI is InChI=1S/C46H73N7O11S/c1-35-38(34-47)43(48-23-30-63-45(2,3)39(57)16-10-7-13-27-54)50-44(49-24-31-64-46(4,5)40(58)17-11-8-14-28-55)42(35)52-51-36-19-21-37(22-20-36)65(60,61)33-26-53(6)25-32-62-41(59)18-12-9-15-29-56/h19-22,54-56H,7-18,23-33H2,1-6H3,(H2,48,49,50). The number of sulfone groups is 1. The summed E-state index contributed by atoms with van der Waals surface area (Å²) in [6.07, 6.45) is 7.03. The van der Waals surface area contributed by atoms with Crippen LogP contribution in [-0.2, 0) is 38.4 Å². The summed E-state index contributed by atoms with van der Waals surface area (Å²) in [6.45, 7) is 10.2. The van der Waals surface area contributed by atoms with E-state index in [9.17, 15) is 28.1 Å². The second kappa shape index (κ2) is 30.0. The van der Waals surface area contributed by atoms with Crippen LogP contribution in [0.5, 0.6) is 0 Å². The molecule has 0 saturated carbocycles. The molecule has 65 heavy (non-hydrogen) atoms. The summed E-state index contributed by atoms with van der Waals surface area (Å²) in [5.41, 5.74) is -0.837. The normalized spacial score (nSPS) is 12.1. The molecule has 2 rings (SSSR count). The molecule has 0 unspecified atom stereocenters. The number of esters is 1. The van der Waals surface area contributed by atoms with Gasteiger partial charge in [-0.3, -0.25) is 14.4 Å². The number of benzene rings is 1. The maximum Gasteiger partial charge on any atom is 0.305 e. The van der Waals surface area contributed by atoms with Gasteiger partial charge in [0.15, 0.2) is 27.2 Å². The number of anilines is 2. The van der Waals surface area contributed by atoms with Gasteiger partial charge in [-0.05, 0) is 104 Å². The van der Waals surface area contributed by atoms with Crippen LogP contribution in [0.4, 0.5) is 23.0 Å². The third-order valence-corrected chi connectivity index (χ3v) is 12.4. The number of nitriles is 1. The minimum atomic E-state index is -3.67. The maximum absolute atomic E-state index is 13.2. The van der Waals surface area contributed by atoms with Crippen molar-refractivity contribution in [1.29, 1.82) is 5.26 Å². The molecule has 0 spiro atoms. The zero-order valence-corrected chi connectivity index (χ0v) is 40.1. The van der Waals surface area contributed by atoms with Crippen LogP contribution in [0.15, 0.2) is 39.4 Å². The van der Waals surface area contributed by atoms with Crippen LogP contribution < -0.4 is 10.6 Å². The number of hydrogen-bond acceptors (Lipinski definition) is 18. The predicted octanol–water partition coefficient (Wildman–Crippen LogP) is 6.14. The van der Waals surface area contributed by atoms with E-state index >= 15 is 0 Å². The highest BCUT2D eigenvalue weighted by Crippen LogP contribution is 2.35. The highest BCUT2D eigenvalue weighted by Gasteiger charge is 2.29. The Morgan fingerprint density at radius 2 is 1.25 bits per heavy atom. The molecule has 364 valence electrons. The lowest BCUT2D eigenvalue weighted by molar-refractivity contribution is -0.144. The number of nitrogens with one attached hydrogen (secondary N) is 2. The molecule has 0 aliphatic rings. The fourth-order valence-electron chi connectivity index (χ4n) is 6.35. The van der Waals surface area contributed by atoms with E-state index in [0.717, 1.165) is 19.3 Å². The Bertz CT molecular complexity index is 1950. The molecule has 18 nitrogen and oxygen atoms in total. The van der Waals surface area contributed by atoms with Gasteiger partial charge in [0.25, 0.3) is 0 Å². The largest absolute Gasteiger partial charge is 0.464 e. The highest BCUT2D eigenvalue weighted by atomic mass is 32.2. The number of unbranched alkanes of at least 4 members (excludes halogenated alkanes) is 6. The molecular formula is C46H73N7O11S. The number of rotatable bonds is 36. The van der Waals surface area contributed by atoms with Crippen LogP contribution in [0.2, 0.25) is 0 Å². The minimum Gasteiger partial charge on any atom is -0.464 e. The zero-order valence-electron chi connectivity index (χ0n) is 39.3. The molecule has 0 atom stereocenters. The van der Waals surface area contributed by atoms with E-state index in [1.54, 1.807) is 46.6 Å². The van der Waals surface area contributed by atoms with Crippen LogP contribution in [0.3, 0.4) is 0 Å². The average molecular weight is 932 g/mol. The third-order valence-electron chi connectivity index (χ3n) is 10.7. The van der Waals surface area contributed by atoms with Crippen LogP contribution in [0.1, 0.15) is 116 Å². The Hall–Kier alpha value is -4.42. The average Bonchev–Trinajstić information content (AvgIpc) is 3.27. The number of azo groups is 1. The highest BCUT2D eigenvalue weighted by molar-refractivity contribution is 7.91. The Morgan fingerprint density at radius 3 is 1.75 bits per heavy atom. The molecule has 0 saturated heterocycles. The topological polar surface area (TPSA) is 262 Å². The number of nitrogens with zero attached hydrogens (tertiary/aromatic N) is 5. The fourth-order valence-corrected chi connectivity index (χ4v) is 7.68. The van der Waals surface area contributed by atoms with E-state index in [1.165, 1.54) is 24.3 Å². The van der Waals surface area contributed by atoms with Crippen molar-refractivity contribution in [2.24, 2.45) is 10.2 Å². The van der Waals surface area contributed by atoms with Gasteiger partial charge in [-0.2, -0.15) is 10.4 Å². The number of aliphatic hydroxyl groups excluding tert-OH is 3. The maximum atomic E-state index is 13.2. The summed E-state index contributed by atoms with van der Waals surface area (Å²) < 4.78 is 43.6. The van der Waals surface area contributed by atoms with Gasteiger partial charge in [-0.1, -0.05) is 19.3 Å². The number of Topliss-reactive ketones (excluding diaryl/α,β-unsaturated/α-hetero) is 2. The van der Waals surface area contributed by atoms with Gasteiger partial charge < -0.3 is 45.1 Å². The van der Waals surface area contributed by atoms with Gasteiger partial charge in [0, 0.05) is 70.8 Å². The predicted molar refractivity (Wildman–Crippen MR) is 249 cm³/mol. The molecule has 0 fully saturated rings. The van der Waals surface area contributed by atoms with E-state index in [4.69, 9.17) is 34.5 Å². The van der Waals surface area contributed by atoms with Crippen molar-refractivity contribution in [1.82, 2.24) is 9.88 Å². The number of aromatic nitrogens is 1. The molecule has 0 aliphatic carbocycles. The zero-order chi connectivity index (χ0) is 48.3. The van der Waals surface area contributed by atoms with Crippen LogP contribution in [0, 0.1) is 18.3 Å². The van der Waals surface area contributed by atoms with Gasteiger partial charge in [-0.15, -0.1) is 5.11 Å². The molecule has 1 heterocycles. The minimum absolute atomic E-state index is 0.0487. The monoisotopic (exact) mass is 932 g/mol. The lowest BCUT2D eigenvalue weighted by Gasteiger charge is -2.24. The molecule has 0 aliphatic heterocycles. The van der Waals surface area contributed by atoms with Gasteiger partial charge in [0.05, 0.1) is 35.1 Å². The quantitative estimate of drug-likeness (QED) is 0.0292. The van der Waals surface area contributed by atoms with Gasteiger partial charge >= 0.3 is 5.97 Å². The molecule has 0 radical (unpaired) electrons. The number of pyridine rings is 1. The molecule has 19 heteroatoms. The third kappa shape index (κ3) is 21.2. The Kier molecular flexibility index (Phi) is 26.2. The van der Waals surface area contributed by atoms with Crippen molar-refractivity contribution in [2.45, 2.75) is 128 Å². The number of carbonyl (C=O) groups excluding carboxylic acids is 3. The smallest absolute Gasteiger partial charge is 0.305 e. The van der Waals surface area contributed by atoms with Crippen LogP contribution in [-0.4, -0.2) is 141 Å². The molecule has 1 aromatic heterocycles. The molecule has 0 bridgehead atoms. The number of aliphatic hydroxyl groups is 3. The van der Waals surface area contributed by atoms with Crippen LogP contribution >= 0.6 is 0 Å². The Morgan fingerprint density at radius 1 is 0.738 bits per heavy atom. The van der Waals surface area contributed by atoms with Crippen molar-refractivity contribution in [3.63, 3.8) is 0 Å². The van der Waals surface area contributed by atoms with E-state index in [-0.39, 0.29) is 117 Å². The summed E-state index contributed by atoms with van der Waals surface area (Å²) in [5.74, 6) is -0.0805. The van der Waals surface area contributed by atoms with E-state index in [1.807, 2.05) is 0 Å². The number of likely N-dealkylation sites (N-methyl/N-ethyl adjacent to an activating group) is 1. The first kappa shape index (κ1) is 56.7. The van der Waals surface area contributed by atoms with Crippen molar-refractivity contribution < 1.29 is 52.3 Å². The van der Waals surface area contributed by atoms with Crippen molar-refractivity contribution in [2.75, 3.05) is 89.3 Å². The van der Waals surface area contributed by atoms with Crippen molar-refractivity contribution in [3.05, 3.63) is 35.4 Å². The second-order valence-electron chi connectivity index (χ2n) is 16.8. The van der Waals surface area contributed by atoms with Gasteiger partial charge in [0.1, 0.15) is 35.4 Å². The molecular weight excluding hydrogens is 859 g/mol. The lowest BCUT2D eigenvalue weighted by Crippen LogP contribution is -2.36.